The van der Waals surface area contributed by atoms with E-state index in [-0.39, 0.29) is 121 Å². The molecule has 1 rings (SSSR count). The van der Waals surface area contributed by atoms with Crippen molar-refractivity contribution in [2.24, 2.45) is 56.2 Å². The first-order valence-electron chi connectivity index (χ1n) is 40.4. The Morgan fingerprint density at radius 3 is 0.803 bits per heavy atom. The third-order valence-electron chi connectivity index (χ3n) is 19.8. The van der Waals surface area contributed by atoms with Crippen molar-refractivity contribution in [1.82, 2.24) is 26.2 Å². The molecule has 0 aromatic heterocycles. The van der Waals surface area contributed by atoms with Gasteiger partial charge in [0.2, 0.25) is 23.6 Å². The summed E-state index contributed by atoms with van der Waals surface area (Å²) in [5.74, 6) is -4.22. The topological polar surface area (TPSA) is 377 Å². The summed E-state index contributed by atoms with van der Waals surface area (Å²) < 4.78 is 45.2. The second kappa shape index (κ2) is 57.5. The minimum Gasteiger partial charge on any atom is -0.464 e. The van der Waals surface area contributed by atoms with E-state index in [1.165, 1.54) is 0 Å². The summed E-state index contributed by atoms with van der Waals surface area (Å²) in [7, 11) is 28.3. The van der Waals surface area contributed by atoms with E-state index >= 15 is 0 Å². The summed E-state index contributed by atoms with van der Waals surface area (Å²) in [6.45, 7) is 37.9. The molecule has 0 aliphatic carbocycles. The van der Waals surface area contributed by atoms with E-state index in [1.54, 1.807) is 69.2 Å². The van der Waals surface area contributed by atoms with Gasteiger partial charge < -0.3 is 102 Å². The molecule has 0 aromatic carbocycles. The maximum absolute atomic E-state index is 12.9. The Labute approximate surface area is 709 Å². The van der Waals surface area contributed by atoms with Gasteiger partial charge in [0.25, 0.3) is 0 Å². The van der Waals surface area contributed by atoms with E-state index in [1.807, 2.05) is 159 Å². The van der Waals surface area contributed by atoms with Gasteiger partial charge in [0.15, 0.2) is 6.29 Å². The van der Waals surface area contributed by atoms with Gasteiger partial charge in [-0.15, -0.1) is 0 Å². The summed E-state index contributed by atoms with van der Waals surface area (Å²) >= 11 is 0. The molecular formula is C86H179N9O22+4. The average Bonchev–Trinajstić information content (AvgIpc) is 0.811. The van der Waals surface area contributed by atoms with E-state index in [9.17, 15) is 63.3 Å². The van der Waals surface area contributed by atoms with Crippen LogP contribution in [0.15, 0.2) is 0 Å². The number of aliphatic hydroxyl groups is 4. The first-order valence-corrected chi connectivity index (χ1v) is 40.4. The molecular weight excluding hydrogens is 1510 g/mol. The number of ether oxygens (including phenoxy) is 8. The molecule has 0 bridgehead atoms. The third-order valence-corrected chi connectivity index (χ3v) is 19.8. The van der Waals surface area contributed by atoms with Crippen molar-refractivity contribution in [2.45, 2.75) is 249 Å². The summed E-state index contributed by atoms with van der Waals surface area (Å²) in [5, 5.41) is 49.1. The van der Waals surface area contributed by atoms with E-state index < -0.39 is 88.1 Å². The summed E-state index contributed by atoms with van der Waals surface area (Å²) in [6.07, 6.45) is -1.58. The average molecular weight is 1690 g/mol. The molecule has 6 unspecified atom stereocenters. The minimum atomic E-state index is -1.49. The Hall–Kier alpha value is -5.74. The van der Waals surface area contributed by atoms with Crippen LogP contribution in [0, 0.1) is 56.2 Å². The maximum atomic E-state index is 12.9. The lowest BCUT2D eigenvalue weighted by Gasteiger charge is -2.39. The quantitative estimate of drug-likeness (QED) is 0.00940. The van der Waals surface area contributed by atoms with Crippen LogP contribution in [0.4, 0.5) is 0 Å². The zero-order chi connectivity index (χ0) is 88.7. The van der Waals surface area contributed by atoms with Crippen molar-refractivity contribution in [1.29, 1.82) is 0 Å². The first-order chi connectivity index (χ1) is 51.4. The molecule has 4 amide bonds. The molecule has 9 atom stereocenters. The van der Waals surface area contributed by atoms with Crippen molar-refractivity contribution in [3.8, 4) is 0 Å². The van der Waals surface area contributed by atoms with Gasteiger partial charge in [0.05, 0.1) is 144 Å². The predicted octanol–water partition coefficient (Wildman–Crippen LogP) is 7.97. The van der Waals surface area contributed by atoms with E-state index in [0.717, 1.165) is 13.0 Å². The van der Waals surface area contributed by atoms with Crippen LogP contribution in [0.2, 0.25) is 0 Å². The Balaban J connectivity index is -0.000000291. The molecule has 1 aliphatic heterocycles. The number of carbonyl (C=O) groups excluding carboxylic acids is 10. The molecule has 0 saturated carbocycles. The standard InChI is InChI=1S/2C29H56N4O6.C14H26O8.C10H21NO2.4CH4/c2*1-13-22(19-28(3,4)26(36)38-17-15-32(7,8)9)24(34)30-21-31-25(35)23(14-2)20-29(5,6)27(37)39-18-16-33(10,11)12;1-4-14(2,3)13(19)21-6-5-20-12-11(18)10(17)9(16)8(7-15)22-12;1-6-10(2,3)9(12)13-8-7-11(4)5;;;;/h2*22-23H,13-21H2,1-12H3;8-12,15-18H,4-7H2,1-3H3;6-8H2,1-5H3;4*1H4/p+4/t;;8?,9-,10?,11+,12-;;;;;/m..0...../s1. The molecule has 0 radical (unpaired) electrons. The fraction of sp³-hybridized carbons (Fsp3) is 0.884. The lowest BCUT2D eigenvalue weighted by Crippen LogP contribution is -2.59. The first kappa shape index (κ1) is 124. The maximum Gasteiger partial charge on any atom is 0.311 e. The van der Waals surface area contributed by atoms with Crippen LogP contribution in [-0.4, -0.2) is 331 Å². The zero-order valence-corrected chi connectivity index (χ0v) is 76.2. The predicted molar refractivity (Wildman–Crippen MR) is 462 cm³/mol. The van der Waals surface area contributed by atoms with Gasteiger partial charge in [0, 0.05) is 30.2 Å². The Morgan fingerprint density at radius 2 is 0.590 bits per heavy atom. The number of esters is 6. The lowest BCUT2D eigenvalue weighted by molar-refractivity contribution is -0.870. The number of hydrogen-bond donors (Lipinski definition) is 8. The molecule has 8 N–H and O–H groups in total. The second-order valence-corrected chi connectivity index (χ2v) is 38.0. The van der Waals surface area contributed by atoms with Crippen LogP contribution in [0.25, 0.3) is 0 Å². The van der Waals surface area contributed by atoms with Gasteiger partial charge in [-0.3, -0.25) is 47.9 Å². The summed E-state index contributed by atoms with van der Waals surface area (Å²) in [5.41, 5.74) is -4.18. The number of likely N-dealkylation sites (N-methyl/N-ethyl adjacent to an activating group) is 5. The molecule has 1 saturated heterocycles. The SMILES string of the molecule is C.C.C.C.CCC(C)(C)C(=O)OCCN(C)C.CCC(C)(C)C(=O)OCCO[C@H]1OC(CO)[C@H](O)C(O)[C@H]1O.CCC(CC(C)(C)C(=O)OCC[N+](C)(C)C)C(=O)NCNC(=O)C(CC)CC(C)(C)C(=O)OCC[N+](C)(C)C.CCC(CC(C)(C)C(=O)OCC[N+](C)(C)C)C(=O)NCNC(=O)C(CC)CC(C)(C)C(=O)OCC[N+](C)(C)C. The Kier molecular flexibility index (Phi) is 61.2. The molecule has 31 nitrogen and oxygen atoms in total. The fourth-order valence-electron chi connectivity index (χ4n) is 10.4. The van der Waals surface area contributed by atoms with Crippen LogP contribution in [-0.2, 0) is 85.8 Å². The van der Waals surface area contributed by atoms with Crippen LogP contribution in [0.1, 0.15) is 219 Å². The van der Waals surface area contributed by atoms with Gasteiger partial charge in [-0.2, -0.15) is 0 Å². The number of nitrogens with zero attached hydrogens (tertiary/aromatic N) is 5. The number of carbonyl (C=O) groups is 10. The summed E-state index contributed by atoms with van der Waals surface area (Å²) in [6, 6.07) is 0. The normalized spacial score (nSPS) is 17.0. The van der Waals surface area contributed by atoms with Crippen molar-refractivity contribution in [3.05, 3.63) is 0 Å². The molecule has 117 heavy (non-hydrogen) atoms. The molecule has 0 spiro atoms. The largest absolute Gasteiger partial charge is 0.464 e. The zero-order valence-electron chi connectivity index (χ0n) is 76.2. The van der Waals surface area contributed by atoms with Gasteiger partial charge >= 0.3 is 35.8 Å². The van der Waals surface area contributed by atoms with Crippen molar-refractivity contribution in [3.63, 3.8) is 0 Å². The number of amides is 4. The molecule has 0 aromatic rings. The van der Waals surface area contributed by atoms with Crippen LogP contribution < -0.4 is 21.3 Å². The molecule has 1 heterocycles. The van der Waals surface area contributed by atoms with Crippen molar-refractivity contribution >= 4 is 59.4 Å². The molecule has 1 fully saturated rings. The fourth-order valence-corrected chi connectivity index (χ4v) is 10.4. The van der Waals surface area contributed by atoms with Gasteiger partial charge in [-0.1, -0.05) is 71.2 Å². The third kappa shape index (κ3) is 53.6. The molecule has 1 aliphatic rings. The van der Waals surface area contributed by atoms with Crippen LogP contribution in [0.3, 0.4) is 0 Å². The van der Waals surface area contributed by atoms with Crippen molar-refractivity contribution in [2.75, 3.05) is 198 Å². The van der Waals surface area contributed by atoms with E-state index in [0.29, 0.717) is 135 Å². The van der Waals surface area contributed by atoms with Gasteiger partial charge in [-0.05, 0) is 161 Å². The number of nitrogens with one attached hydrogen (secondary N) is 4. The highest BCUT2D eigenvalue weighted by Gasteiger charge is 2.45. The Bertz CT molecular complexity index is 2580. The lowest BCUT2D eigenvalue weighted by atomic mass is 9.81. The highest BCUT2D eigenvalue weighted by Crippen LogP contribution is 2.34. The monoisotopic (exact) mass is 1690 g/mol. The second-order valence-electron chi connectivity index (χ2n) is 38.0. The van der Waals surface area contributed by atoms with E-state index in [4.69, 9.17) is 43.0 Å². The van der Waals surface area contributed by atoms with E-state index in [2.05, 4.69) is 21.3 Å². The molecule has 31 heteroatoms. The Morgan fingerprint density at radius 1 is 0.359 bits per heavy atom. The van der Waals surface area contributed by atoms with Crippen LogP contribution >= 0.6 is 0 Å². The van der Waals surface area contributed by atoms with Crippen molar-refractivity contribution < 1.29 is 124 Å². The highest BCUT2D eigenvalue weighted by atomic mass is 16.7. The van der Waals surface area contributed by atoms with Gasteiger partial charge in [0.1, 0.15) is 90.2 Å². The highest BCUT2D eigenvalue weighted by molar-refractivity contribution is 5.85. The number of hydrogen-bond acceptors (Lipinski definition) is 23. The minimum absolute atomic E-state index is 0. The van der Waals surface area contributed by atoms with Gasteiger partial charge in [-0.25, -0.2) is 0 Å². The number of aliphatic hydroxyl groups excluding tert-OH is 4. The number of quaternary nitrogens is 4. The van der Waals surface area contributed by atoms with Crippen LogP contribution in [0.5, 0.6) is 0 Å². The molecule has 696 valence electrons. The smallest absolute Gasteiger partial charge is 0.311 e. The number of rotatable bonds is 48. The summed E-state index contributed by atoms with van der Waals surface area (Å²) in [4.78, 5) is 127.